The van der Waals surface area contributed by atoms with Crippen LogP contribution in [-0.4, -0.2) is 38.4 Å². The van der Waals surface area contributed by atoms with E-state index in [4.69, 9.17) is 38.4 Å². The predicted octanol–water partition coefficient (Wildman–Crippen LogP) is 4.16. The molecule has 1 aliphatic heterocycles. The van der Waals surface area contributed by atoms with Crippen molar-refractivity contribution in [3.05, 3.63) is 33.8 Å². The van der Waals surface area contributed by atoms with E-state index in [1.54, 1.807) is 12.1 Å². The fourth-order valence-corrected chi connectivity index (χ4v) is 3.13. The lowest BCUT2D eigenvalue weighted by atomic mass is 10.1. The normalized spacial score (nSPS) is 18.7. The Hall–Kier alpha value is -0.280. The van der Waals surface area contributed by atoms with Crippen LogP contribution < -0.4 is 11.1 Å². The number of guanidine groups is 1. The van der Waals surface area contributed by atoms with E-state index in [1.165, 1.54) is 0 Å². The Bertz CT molecular complexity index is 555. The largest absolute Gasteiger partial charge is 0.379 e. The Morgan fingerprint density at radius 2 is 2.28 bits per heavy atom. The van der Waals surface area contributed by atoms with Crippen LogP contribution in [0, 0.1) is 0 Å². The Balaban J connectivity index is 0.00000312. The summed E-state index contributed by atoms with van der Waals surface area (Å²) in [5.41, 5.74) is 6.84. The maximum absolute atomic E-state index is 6.19. The first-order valence-corrected chi connectivity index (χ1v) is 9.02. The number of hydrogen-bond donors (Lipinski definition) is 2. The van der Waals surface area contributed by atoms with E-state index >= 15 is 0 Å². The summed E-state index contributed by atoms with van der Waals surface area (Å²) >= 11 is 12.1. The van der Waals surface area contributed by atoms with Crippen LogP contribution in [0.3, 0.4) is 0 Å². The third-order valence-electron chi connectivity index (χ3n) is 3.85. The molecule has 142 valence electrons. The summed E-state index contributed by atoms with van der Waals surface area (Å²) in [4.78, 5) is 4.31. The first kappa shape index (κ1) is 22.8. The minimum atomic E-state index is -0.0470. The summed E-state index contributed by atoms with van der Waals surface area (Å²) < 4.78 is 11.1. The van der Waals surface area contributed by atoms with E-state index in [2.05, 4.69) is 10.3 Å². The van der Waals surface area contributed by atoms with E-state index in [0.29, 0.717) is 35.8 Å². The molecule has 1 aromatic carbocycles. The molecular weight excluding hydrogens is 476 g/mol. The number of nitrogens with two attached hydrogens (primary N) is 1. The average Bonchev–Trinajstić information content (AvgIpc) is 3.03. The van der Waals surface area contributed by atoms with E-state index in [9.17, 15) is 0 Å². The number of hydrogen-bond acceptors (Lipinski definition) is 3. The first-order valence-electron chi connectivity index (χ1n) is 8.27. The van der Waals surface area contributed by atoms with Crippen molar-refractivity contribution in [2.24, 2.45) is 10.7 Å². The Morgan fingerprint density at radius 1 is 1.48 bits per heavy atom. The van der Waals surface area contributed by atoms with Crippen molar-refractivity contribution in [2.75, 3.05) is 26.4 Å². The Labute approximate surface area is 176 Å². The van der Waals surface area contributed by atoms with E-state index in [-0.39, 0.29) is 36.1 Å². The van der Waals surface area contributed by atoms with Crippen molar-refractivity contribution < 1.29 is 9.47 Å². The quantitative estimate of drug-likeness (QED) is 0.243. The summed E-state index contributed by atoms with van der Waals surface area (Å²) in [7, 11) is 0. The molecule has 2 rings (SSSR count). The molecular formula is C17H26Cl2IN3O2. The summed E-state index contributed by atoms with van der Waals surface area (Å²) in [5.74, 6) is 0.396. The molecule has 1 aliphatic rings. The van der Waals surface area contributed by atoms with Crippen LogP contribution in [-0.2, 0) is 9.47 Å². The molecule has 25 heavy (non-hydrogen) atoms. The number of ether oxygens (including phenoxy) is 2. The third kappa shape index (κ3) is 8.30. The minimum Gasteiger partial charge on any atom is -0.379 e. The molecule has 1 aromatic rings. The van der Waals surface area contributed by atoms with Crippen LogP contribution >= 0.6 is 47.2 Å². The SMILES string of the molecule is CC(NC(N)=NCCCOCC1CCCO1)c1ccc(Cl)cc1Cl.I. The molecule has 2 unspecified atom stereocenters. The molecule has 8 heteroatoms. The van der Waals surface area contributed by atoms with Crippen molar-refractivity contribution in [1.29, 1.82) is 0 Å². The standard InChI is InChI=1S/C17H25Cl2N3O2.HI/c1-12(15-6-5-13(18)10-16(15)19)22-17(20)21-7-3-8-23-11-14-4-2-9-24-14;/h5-6,10,12,14H,2-4,7-9,11H2,1H3,(H3,20,21,22);1H. The van der Waals surface area contributed by atoms with Gasteiger partial charge in [0.1, 0.15) is 0 Å². The third-order valence-corrected chi connectivity index (χ3v) is 4.41. The second-order valence-electron chi connectivity index (χ2n) is 5.86. The summed E-state index contributed by atoms with van der Waals surface area (Å²) in [6, 6.07) is 5.36. The van der Waals surface area contributed by atoms with Crippen molar-refractivity contribution in [1.82, 2.24) is 5.32 Å². The van der Waals surface area contributed by atoms with Crippen LogP contribution in [0.1, 0.15) is 37.8 Å². The van der Waals surface area contributed by atoms with E-state index in [0.717, 1.165) is 31.4 Å². The van der Waals surface area contributed by atoms with Gasteiger partial charge in [-0.1, -0.05) is 29.3 Å². The lowest BCUT2D eigenvalue weighted by Crippen LogP contribution is -2.34. The molecule has 0 bridgehead atoms. The van der Waals surface area contributed by atoms with Crippen LogP contribution in [0.15, 0.2) is 23.2 Å². The van der Waals surface area contributed by atoms with Gasteiger partial charge in [0.05, 0.1) is 18.8 Å². The summed E-state index contributed by atoms with van der Waals surface area (Å²) in [6.07, 6.45) is 3.33. The molecule has 1 fully saturated rings. The lowest BCUT2D eigenvalue weighted by molar-refractivity contribution is 0.0171. The fraction of sp³-hybridized carbons (Fsp3) is 0.588. The summed E-state index contributed by atoms with van der Waals surface area (Å²) in [5, 5.41) is 4.35. The van der Waals surface area contributed by atoms with Crippen molar-refractivity contribution in [3.63, 3.8) is 0 Å². The van der Waals surface area contributed by atoms with Gasteiger partial charge >= 0.3 is 0 Å². The molecule has 0 amide bonds. The zero-order valence-corrected chi connectivity index (χ0v) is 18.2. The second-order valence-corrected chi connectivity index (χ2v) is 6.71. The van der Waals surface area contributed by atoms with Crippen LogP contribution in [0.5, 0.6) is 0 Å². The fourth-order valence-electron chi connectivity index (χ4n) is 2.55. The predicted molar refractivity (Wildman–Crippen MR) is 114 cm³/mol. The maximum atomic E-state index is 6.19. The van der Waals surface area contributed by atoms with Gasteiger partial charge in [0.2, 0.25) is 0 Å². The number of benzene rings is 1. The van der Waals surface area contributed by atoms with Gasteiger partial charge in [-0.2, -0.15) is 0 Å². The lowest BCUT2D eigenvalue weighted by Gasteiger charge is -2.16. The van der Waals surface area contributed by atoms with Crippen LogP contribution in [0.4, 0.5) is 0 Å². The minimum absolute atomic E-state index is 0. The maximum Gasteiger partial charge on any atom is 0.189 e. The molecule has 5 nitrogen and oxygen atoms in total. The molecule has 0 aliphatic carbocycles. The highest BCUT2D eigenvalue weighted by Gasteiger charge is 2.15. The van der Waals surface area contributed by atoms with Gasteiger partial charge in [-0.05, 0) is 43.9 Å². The van der Waals surface area contributed by atoms with E-state index in [1.807, 2.05) is 13.0 Å². The molecule has 0 saturated carbocycles. The highest BCUT2D eigenvalue weighted by atomic mass is 127. The van der Waals surface area contributed by atoms with Crippen molar-refractivity contribution in [2.45, 2.75) is 38.3 Å². The molecule has 2 atom stereocenters. The van der Waals surface area contributed by atoms with Gasteiger partial charge in [-0.25, -0.2) is 0 Å². The molecule has 0 radical (unpaired) electrons. The summed E-state index contributed by atoms with van der Waals surface area (Å²) in [6.45, 7) is 4.78. The van der Waals surface area contributed by atoms with Crippen molar-refractivity contribution in [3.8, 4) is 0 Å². The monoisotopic (exact) mass is 501 g/mol. The molecule has 0 aromatic heterocycles. The van der Waals surface area contributed by atoms with Gasteiger partial charge in [0.25, 0.3) is 0 Å². The van der Waals surface area contributed by atoms with Crippen LogP contribution in [0.2, 0.25) is 10.0 Å². The Morgan fingerprint density at radius 3 is 2.96 bits per heavy atom. The molecule has 0 spiro atoms. The molecule has 1 saturated heterocycles. The number of halogens is 3. The smallest absolute Gasteiger partial charge is 0.189 e. The number of aliphatic imine (C=N–C) groups is 1. The number of nitrogens with zero attached hydrogens (tertiary/aromatic N) is 1. The van der Waals surface area contributed by atoms with Gasteiger partial charge in [-0.3, -0.25) is 4.99 Å². The van der Waals surface area contributed by atoms with Crippen molar-refractivity contribution >= 4 is 53.1 Å². The average molecular weight is 502 g/mol. The molecule has 1 heterocycles. The second kappa shape index (κ2) is 12.2. The highest BCUT2D eigenvalue weighted by molar-refractivity contribution is 14.0. The van der Waals surface area contributed by atoms with Crippen LogP contribution in [0.25, 0.3) is 0 Å². The van der Waals surface area contributed by atoms with Gasteiger partial charge in [0, 0.05) is 29.8 Å². The number of nitrogens with one attached hydrogen (secondary N) is 1. The van der Waals surface area contributed by atoms with Gasteiger partial charge in [-0.15, -0.1) is 24.0 Å². The Kier molecular flexibility index (Phi) is 11.1. The van der Waals surface area contributed by atoms with Gasteiger partial charge in [0.15, 0.2) is 5.96 Å². The zero-order chi connectivity index (χ0) is 17.4. The first-order chi connectivity index (χ1) is 11.6. The highest BCUT2D eigenvalue weighted by Crippen LogP contribution is 2.25. The zero-order valence-electron chi connectivity index (χ0n) is 14.3. The van der Waals surface area contributed by atoms with Gasteiger partial charge < -0.3 is 20.5 Å². The molecule has 3 N–H and O–H groups in total. The van der Waals surface area contributed by atoms with E-state index < -0.39 is 0 Å². The number of rotatable bonds is 8. The topological polar surface area (TPSA) is 68.9 Å².